The number of phosphoric acid groups is 2. The Labute approximate surface area is 587 Å². The number of aliphatic hydroxyl groups excluding tert-OH is 1. The van der Waals surface area contributed by atoms with E-state index in [-0.39, 0.29) is 25.7 Å². The standard InChI is InChI=1S/C77H148O17P2/c1-5-9-13-17-21-25-29-33-35-39-42-46-50-54-58-62-75(80)88-68-73(94-77(82)64-60-56-52-48-44-40-36-34-30-26-22-18-14-10-6-2)70-92-96(85,86)90-66-71(78)65-89-95(83,84)91-69-72(93-76(81)63-59-55-51-47-43-38-32-28-24-20-16-12-8-4)67-87-74(79)61-57-53-49-45-41-37-31-27-23-19-15-11-7-3/h25,29,71-73,78H,5-24,26-28,30-70H2,1-4H3,(H,83,84)(H,85,86)/b29-25-/t71-,72+,73+/m0/s1. The van der Waals surface area contributed by atoms with E-state index in [1.165, 1.54) is 218 Å². The minimum absolute atomic E-state index is 0.106. The van der Waals surface area contributed by atoms with Gasteiger partial charge < -0.3 is 33.8 Å². The summed E-state index contributed by atoms with van der Waals surface area (Å²) in [5.74, 6) is -2.12. The molecule has 5 atom stereocenters. The van der Waals surface area contributed by atoms with Crippen molar-refractivity contribution in [3.8, 4) is 0 Å². The zero-order valence-corrected chi connectivity index (χ0v) is 63.9. The third-order valence-corrected chi connectivity index (χ3v) is 19.7. The fraction of sp³-hybridized carbons (Fsp3) is 0.922. The molecule has 0 rings (SSSR count). The predicted molar refractivity (Wildman–Crippen MR) is 391 cm³/mol. The Bertz CT molecular complexity index is 1870. The van der Waals surface area contributed by atoms with Crippen LogP contribution >= 0.6 is 15.6 Å². The number of ether oxygens (including phenoxy) is 4. The Kier molecular flexibility index (Phi) is 69.6. The first-order chi connectivity index (χ1) is 46.7. The molecule has 0 radical (unpaired) electrons. The van der Waals surface area contributed by atoms with Gasteiger partial charge in [-0.2, -0.15) is 0 Å². The number of unbranched alkanes of at least 4 members (excludes halogenated alkanes) is 49. The lowest BCUT2D eigenvalue weighted by Gasteiger charge is -2.21. The van der Waals surface area contributed by atoms with Crippen molar-refractivity contribution in [3.63, 3.8) is 0 Å². The smallest absolute Gasteiger partial charge is 0.462 e. The van der Waals surface area contributed by atoms with Gasteiger partial charge in [-0.3, -0.25) is 37.3 Å². The van der Waals surface area contributed by atoms with Crippen LogP contribution in [0.5, 0.6) is 0 Å². The quantitative estimate of drug-likeness (QED) is 0.0169. The number of esters is 4. The minimum atomic E-state index is -4.96. The van der Waals surface area contributed by atoms with Crippen molar-refractivity contribution in [2.75, 3.05) is 39.6 Å². The maximum absolute atomic E-state index is 13.1. The zero-order chi connectivity index (χ0) is 70.4. The highest BCUT2D eigenvalue weighted by Crippen LogP contribution is 2.45. The van der Waals surface area contributed by atoms with Crippen LogP contribution in [0.25, 0.3) is 0 Å². The van der Waals surface area contributed by atoms with Crippen LogP contribution in [0, 0.1) is 0 Å². The van der Waals surface area contributed by atoms with Crippen LogP contribution in [-0.2, 0) is 65.4 Å². The normalized spacial score (nSPS) is 13.9. The van der Waals surface area contributed by atoms with Gasteiger partial charge in [0.15, 0.2) is 12.2 Å². The van der Waals surface area contributed by atoms with Crippen LogP contribution in [0.3, 0.4) is 0 Å². The van der Waals surface area contributed by atoms with Crippen molar-refractivity contribution in [2.24, 2.45) is 0 Å². The van der Waals surface area contributed by atoms with Crippen molar-refractivity contribution in [2.45, 2.75) is 418 Å². The lowest BCUT2D eigenvalue weighted by atomic mass is 10.0. The Morgan fingerprint density at radius 2 is 0.479 bits per heavy atom. The van der Waals surface area contributed by atoms with E-state index in [2.05, 4.69) is 39.8 Å². The molecule has 0 spiro atoms. The lowest BCUT2D eigenvalue weighted by molar-refractivity contribution is -0.161. The maximum atomic E-state index is 13.1. The maximum Gasteiger partial charge on any atom is 0.472 e. The Morgan fingerprint density at radius 1 is 0.281 bits per heavy atom. The molecule has 2 unspecified atom stereocenters. The second kappa shape index (κ2) is 71.2. The number of phosphoric ester groups is 2. The Morgan fingerprint density at radius 3 is 0.729 bits per heavy atom. The molecule has 568 valence electrons. The first kappa shape index (κ1) is 93.8. The van der Waals surface area contributed by atoms with E-state index >= 15 is 0 Å². The van der Waals surface area contributed by atoms with Gasteiger partial charge in [-0.25, -0.2) is 9.13 Å². The molecular formula is C77H148O17P2. The number of hydrogen-bond donors (Lipinski definition) is 3. The van der Waals surface area contributed by atoms with Gasteiger partial charge in [-0.05, 0) is 51.4 Å². The number of carbonyl (C=O) groups excluding carboxylic acids is 4. The monoisotopic (exact) mass is 1410 g/mol. The van der Waals surface area contributed by atoms with Gasteiger partial charge in [-0.15, -0.1) is 0 Å². The average molecular weight is 1410 g/mol. The molecular weight excluding hydrogens is 1260 g/mol. The van der Waals surface area contributed by atoms with Gasteiger partial charge in [0, 0.05) is 25.7 Å². The fourth-order valence-corrected chi connectivity index (χ4v) is 13.2. The summed E-state index contributed by atoms with van der Waals surface area (Å²) in [5, 5.41) is 10.6. The van der Waals surface area contributed by atoms with Crippen LogP contribution in [0.15, 0.2) is 12.2 Å². The van der Waals surface area contributed by atoms with E-state index in [0.29, 0.717) is 25.7 Å². The lowest BCUT2D eigenvalue weighted by Crippen LogP contribution is -2.30. The van der Waals surface area contributed by atoms with Crippen molar-refractivity contribution in [3.05, 3.63) is 12.2 Å². The number of rotatable bonds is 77. The second-order valence-corrected chi connectivity index (χ2v) is 30.3. The topological polar surface area (TPSA) is 237 Å². The highest BCUT2D eigenvalue weighted by atomic mass is 31.2. The number of carbonyl (C=O) groups is 4. The summed E-state index contributed by atoms with van der Waals surface area (Å²) in [6, 6.07) is 0. The van der Waals surface area contributed by atoms with Gasteiger partial charge in [0.2, 0.25) is 0 Å². The average Bonchev–Trinajstić information content (AvgIpc) is 1.36. The molecule has 0 aromatic carbocycles. The summed E-state index contributed by atoms with van der Waals surface area (Å²) in [6.07, 6.45) is 63.2. The van der Waals surface area contributed by atoms with Crippen molar-refractivity contribution >= 4 is 39.5 Å². The Balaban J connectivity index is 5.27. The third-order valence-electron chi connectivity index (χ3n) is 17.8. The van der Waals surface area contributed by atoms with Gasteiger partial charge >= 0.3 is 39.5 Å². The van der Waals surface area contributed by atoms with Crippen molar-refractivity contribution < 1.29 is 80.2 Å². The predicted octanol–water partition coefficient (Wildman–Crippen LogP) is 22.8. The molecule has 0 fully saturated rings. The van der Waals surface area contributed by atoms with E-state index in [4.69, 9.17) is 37.0 Å². The molecule has 0 aromatic rings. The largest absolute Gasteiger partial charge is 0.472 e. The van der Waals surface area contributed by atoms with Crippen LogP contribution in [0.2, 0.25) is 0 Å². The molecule has 17 nitrogen and oxygen atoms in total. The summed E-state index contributed by atoms with van der Waals surface area (Å²) in [6.45, 7) is 4.98. The molecule has 0 saturated heterocycles. The summed E-state index contributed by atoms with van der Waals surface area (Å²) in [4.78, 5) is 72.9. The summed E-state index contributed by atoms with van der Waals surface area (Å²) in [7, 11) is -9.92. The molecule has 96 heavy (non-hydrogen) atoms. The van der Waals surface area contributed by atoms with Crippen LogP contribution < -0.4 is 0 Å². The molecule has 0 aliphatic rings. The van der Waals surface area contributed by atoms with Crippen molar-refractivity contribution in [1.29, 1.82) is 0 Å². The molecule has 0 amide bonds. The summed E-state index contributed by atoms with van der Waals surface area (Å²) < 4.78 is 68.6. The summed E-state index contributed by atoms with van der Waals surface area (Å²) >= 11 is 0. The molecule has 0 aromatic heterocycles. The van der Waals surface area contributed by atoms with E-state index in [1.54, 1.807) is 0 Å². The first-order valence-corrected chi connectivity index (χ1v) is 42.9. The van der Waals surface area contributed by atoms with Crippen LogP contribution in [-0.4, -0.2) is 96.7 Å². The minimum Gasteiger partial charge on any atom is -0.462 e. The first-order valence-electron chi connectivity index (χ1n) is 39.9. The highest BCUT2D eigenvalue weighted by molar-refractivity contribution is 7.47. The number of hydrogen-bond acceptors (Lipinski definition) is 15. The van der Waals surface area contributed by atoms with E-state index < -0.39 is 97.5 Å². The molecule has 0 bridgehead atoms. The zero-order valence-electron chi connectivity index (χ0n) is 62.1. The number of aliphatic hydroxyl groups is 1. The molecule has 19 heteroatoms. The van der Waals surface area contributed by atoms with Gasteiger partial charge in [0.05, 0.1) is 26.4 Å². The van der Waals surface area contributed by atoms with E-state index in [0.717, 1.165) is 103 Å². The third kappa shape index (κ3) is 70.2. The molecule has 0 aliphatic heterocycles. The summed E-state index contributed by atoms with van der Waals surface area (Å²) in [5.41, 5.74) is 0. The van der Waals surface area contributed by atoms with Crippen LogP contribution in [0.4, 0.5) is 0 Å². The van der Waals surface area contributed by atoms with Crippen LogP contribution in [0.1, 0.15) is 400 Å². The number of allylic oxidation sites excluding steroid dienone is 2. The Hall–Kier alpha value is -2.20. The van der Waals surface area contributed by atoms with Gasteiger partial charge in [0.1, 0.15) is 19.3 Å². The van der Waals surface area contributed by atoms with Gasteiger partial charge in [-0.1, -0.05) is 335 Å². The van der Waals surface area contributed by atoms with Gasteiger partial charge in [0.25, 0.3) is 0 Å². The van der Waals surface area contributed by atoms with Crippen molar-refractivity contribution in [1.82, 2.24) is 0 Å². The highest BCUT2D eigenvalue weighted by Gasteiger charge is 2.30. The second-order valence-electron chi connectivity index (χ2n) is 27.4. The SMILES string of the molecule is CCCCCC/C=C\CCCCCCCCCC(=O)OC[C@H](COP(=O)(O)OC[C@@H](O)COP(=O)(O)OC[C@@H](COC(=O)CCCCCCCCCCCCCCC)OC(=O)CCCCCCCCCCCCCCC)OC(=O)CCCCCCCCCCCCCCCCC. The van der Waals surface area contributed by atoms with E-state index in [9.17, 15) is 43.2 Å². The molecule has 0 aliphatic carbocycles. The molecule has 0 heterocycles. The molecule has 3 N–H and O–H groups in total. The fourth-order valence-electron chi connectivity index (χ4n) is 11.6. The van der Waals surface area contributed by atoms with E-state index in [1.807, 2.05) is 0 Å². The molecule has 0 saturated carbocycles.